The molecule has 1 aliphatic carbocycles. The van der Waals surface area contributed by atoms with Crippen LogP contribution in [0.1, 0.15) is 49.0 Å². The number of halogens is 1. The lowest BCUT2D eigenvalue weighted by Crippen LogP contribution is -2.13. The van der Waals surface area contributed by atoms with Gasteiger partial charge >= 0.3 is 0 Å². The number of nitrogens with one attached hydrogen (secondary N) is 1. The summed E-state index contributed by atoms with van der Waals surface area (Å²) in [5.74, 6) is 2.65. The van der Waals surface area contributed by atoms with Gasteiger partial charge in [0.15, 0.2) is 12.4 Å². The molecule has 2 aromatic rings. The Bertz CT molecular complexity index is 625. The number of ether oxygens (including phenoxy) is 1. The van der Waals surface area contributed by atoms with Gasteiger partial charge in [-0.15, -0.1) is 0 Å². The Morgan fingerprint density at radius 3 is 3.00 bits per heavy atom. The topological polar surface area (TPSA) is 60.2 Å². The van der Waals surface area contributed by atoms with Gasteiger partial charge in [-0.2, -0.15) is 4.98 Å². The van der Waals surface area contributed by atoms with Crippen LogP contribution in [0.3, 0.4) is 0 Å². The minimum atomic E-state index is 0.206. The molecule has 0 radical (unpaired) electrons. The molecule has 0 amide bonds. The van der Waals surface area contributed by atoms with E-state index in [0.29, 0.717) is 18.4 Å². The fraction of sp³-hybridized carbons (Fsp3) is 0.467. The van der Waals surface area contributed by atoms with Crippen molar-refractivity contribution < 1.29 is 9.26 Å². The van der Waals surface area contributed by atoms with E-state index in [0.717, 1.165) is 34.5 Å². The highest BCUT2D eigenvalue weighted by molar-refractivity contribution is 9.10. The van der Waals surface area contributed by atoms with E-state index in [4.69, 9.17) is 9.26 Å². The van der Waals surface area contributed by atoms with Gasteiger partial charge in [0, 0.05) is 22.0 Å². The first-order valence-electron chi connectivity index (χ1n) is 7.09. The van der Waals surface area contributed by atoms with Crippen molar-refractivity contribution >= 4 is 15.9 Å². The molecule has 1 unspecified atom stereocenters. The summed E-state index contributed by atoms with van der Waals surface area (Å²) in [4.78, 5) is 4.37. The fourth-order valence-corrected chi connectivity index (χ4v) is 2.46. The van der Waals surface area contributed by atoms with Gasteiger partial charge in [-0.3, -0.25) is 0 Å². The third kappa shape index (κ3) is 3.44. The van der Waals surface area contributed by atoms with Crippen molar-refractivity contribution in [3.8, 4) is 5.75 Å². The second-order valence-corrected chi connectivity index (χ2v) is 6.22. The lowest BCUT2D eigenvalue weighted by atomic mass is 10.1. The van der Waals surface area contributed by atoms with Crippen LogP contribution in [0.2, 0.25) is 0 Å². The molecule has 1 fully saturated rings. The van der Waals surface area contributed by atoms with E-state index in [9.17, 15) is 0 Å². The molecular formula is C15H18BrN3O2. The summed E-state index contributed by atoms with van der Waals surface area (Å²) in [6.45, 7) is 2.38. The van der Waals surface area contributed by atoms with E-state index in [1.54, 1.807) is 0 Å². The third-order valence-corrected chi connectivity index (χ3v) is 4.15. The van der Waals surface area contributed by atoms with Gasteiger partial charge in [0.2, 0.25) is 0 Å². The number of rotatable bonds is 6. The molecule has 1 aromatic carbocycles. The zero-order valence-corrected chi connectivity index (χ0v) is 13.7. The molecule has 0 bridgehead atoms. The third-order valence-electron chi connectivity index (χ3n) is 3.65. The molecule has 1 aliphatic rings. The summed E-state index contributed by atoms with van der Waals surface area (Å²) < 4.78 is 12.1. The number of benzene rings is 1. The van der Waals surface area contributed by atoms with Crippen LogP contribution < -0.4 is 10.1 Å². The van der Waals surface area contributed by atoms with Crippen molar-refractivity contribution in [1.82, 2.24) is 15.5 Å². The van der Waals surface area contributed by atoms with Crippen molar-refractivity contribution in [1.29, 1.82) is 0 Å². The van der Waals surface area contributed by atoms with Crippen LogP contribution >= 0.6 is 15.9 Å². The summed E-state index contributed by atoms with van der Waals surface area (Å²) in [6, 6.07) is 6.22. The second kappa shape index (κ2) is 6.15. The van der Waals surface area contributed by atoms with Gasteiger partial charge in [0.25, 0.3) is 5.89 Å². The average molecular weight is 352 g/mol. The smallest absolute Gasteiger partial charge is 0.264 e. The van der Waals surface area contributed by atoms with Crippen LogP contribution in [-0.4, -0.2) is 17.2 Å². The van der Waals surface area contributed by atoms with Gasteiger partial charge in [-0.05, 0) is 38.9 Å². The van der Waals surface area contributed by atoms with Crippen molar-refractivity contribution in [2.24, 2.45) is 0 Å². The van der Waals surface area contributed by atoms with Crippen LogP contribution in [0.25, 0.3) is 0 Å². The molecule has 1 heterocycles. The van der Waals surface area contributed by atoms with Gasteiger partial charge in [-0.25, -0.2) is 0 Å². The molecule has 112 valence electrons. The Morgan fingerprint density at radius 1 is 1.48 bits per heavy atom. The molecule has 1 N–H and O–H groups in total. The van der Waals surface area contributed by atoms with Crippen LogP contribution in [-0.2, 0) is 6.61 Å². The monoisotopic (exact) mass is 351 g/mol. The molecule has 1 atom stereocenters. The second-order valence-electron chi connectivity index (χ2n) is 5.30. The highest BCUT2D eigenvalue weighted by atomic mass is 79.9. The van der Waals surface area contributed by atoms with Crippen molar-refractivity contribution in [3.63, 3.8) is 0 Å². The maximum Gasteiger partial charge on any atom is 0.264 e. The first-order valence-corrected chi connectivity index (χ1v) is 7.88. The van der Waals surface area contributed by atoms with Crippen molar-refractivity contribution in [2.45, 2.75) is 38.3 Å². The number of hydrogen-bond donors (Lipinski definition) is 1. The van der Waals surface area contributed by atoms with E-state index < -0.39 is 0 Å². The Labute approximate surface area is 132 Å². The summed E-state index contributed by atoms with van der Waals surface area (Å²) in [5.41, 5.74) is 1.10. The maximum atomic E-state index is 5.87. The van der Waals surface area contributed by atoms with E-state index in [2.05, 4.69) is 38.3 Å². The SMILES string of the molecule is CNC(C)c1ccc(Br)cc1OCc1nc(C2CC2)no1. The summed E-state index contributed by atoms with van der Waals surface area (Å²) in [5, 5.41) is 7.21. The molecule has 6 heteroatoms. The first-order chi connectivity index (χ1) is 10.2. The Hall–Kier alpha value is -1.40. The molecule has 5 nitrogen and oxygen atoms in total. The molecule has 3 rings (SSSR count). The van der Waals surface area contributed by atoms with Crippen LogP contribution in [0.5, 0.6) is 5.75 Å². The fourth-order valence-electron chi connectivity index (χ4n) is 2.12. The Morgan fingerprint density at radius 2 is 2.29 bits per heavy atom. The number of aromatic nitrogens is 2. The molecular weight excluding hydrogens is 334 g/mol. The molecule has 0 spiro atoms. The number of hydrogen-bond acceptors (Lipinski definition) is 5. The first kappa shape index (κ1) is 14.5. The highest BCUT2D eigenvalue weighted by Gasteiger charge is 2.28. The van der Waals surface area contributed by atoms with Crippen molar-refractivity contribution in [3.05, 3.63) is 40.0 Å². The van der Waals surface area contributed by atoms with E-state index in [-0.39, 0.29) is 6.04 Å². The van der Waals surface area contributed by atoms with Gasteiger partial charge in [0.1, 0.15) is 5.75 Å². The van der Waals surface area contributed by atoms with E-state index in [1.807, 2.05) is 25.2 Å². The molecule has 1 saturated carbocycles. The molecule has 21 heavy (non-hydrogen) atoms. The minimum Gasteiger partial charge on any atom is -0.483 e. The van der Waals surface area contributed by atoms with Crippen LogP contribution in [0, 0.1) is 0 Å². The highest BCUT2D eigenvalue weighted by Crippen LogP contribution is 2.38. The summed E-state index contributed by atoms with van der Waals surface area (Å²) >= 11 is 3.47. The lowest BCUT2D eigenvalue weighted by molar-refractivity contribution is 0.239. The largest absolute Gasteiger partial charge is 0.483 e. The van der Waals surface area contributed by atoms with Gasteiger partial charge in [-0.1, -0.05) is 27.2 Å². The molecule has 0 aliphatic heterocycles. The molecule has 1 aromatic heterocycles. The average Bonchev–Trinajstić information content (AvgIpc) is 3.23. The normalized spacial score (nSPS) is 16.0. The van der Waals surface area contributed by atoms with E-state index >= 15 is 0 Å². The van der Waals surface area contributed by atoms with Gasteiger partial charge in [0.05, 0.1) is 0 Å². The van der Waals surface area contributed by atoms with Crippen LogP contribution in [0.15, 0.2) is 27.2 Å². The molecule has 0 saturated heterocycles. The lowest BCUT2D eigenvalue weighted by Gasteiger charge is -2.16. The van der Waals surface area contributed by atoms with E-state index in [1.165, 1.54) is 0 Å². The zero-order valence-electron chi connectivity index (χ0n) is 12.1. The minimum absolute atomic E-state index is 0.206. The van der Waals surface area contributed by atoms with Gasteiger partial charge < -0.3 is 14.6 Å². The predicted octanol–water partition coefficient (Wildman–Crippen LogP) is 3.57. The summed E-state index contributed by atoms with van der Waals surface area (Å²) in [7, 11) is 1.93. The standard InChI is InChI=1S/C15H18BrN3O2/c1-9(17-2)12-6-5-11(16)7-13(12)20-8-14-18-15(19-21-14)10-3-4-10/h5-7,9-10,17H,3-4,8H2,1-2H3. The van der Waals surface area contributed by atoms with Crippen molar-refractivity contribution in [2.75, 3.05) is 7.05 Å². The number of nitrogens with zero attached hydrogens (tertiary/aromatic N) is 2. The summed E-state index contributed by atoms with van der Waals surface area (Å²) in [6.07, 6.45) is 2.32. The maximum absolute atomic E-state index is 5.87. The van der Waals surface area contributed by atoms with Crippen LogP contribution in [0.4, 0.5) is 0 Å². The quantitative estimate of drug-likeness (QED) is 0.861. The zero-order chi connectivity index (χ0) is 14.8. The Kier molecular flexibility index (Phi) is 4.26. The predicted molar refractivity (Wildman–Crippen MR) is 82.2 cm³/mol. The Balaban J connectivity index is 1.72.